The molecule has 0 spiro atoms. The lowest BCUT2D eigenvalue weighted by Gasteiger charge is -2.26. The topological polar surface area (TPSA) is 106 Å². The van der Waals surface area contributed by atoms with Crippen LogP contribution in [0.2, 0.25) is 0 Å². The van der Waals surface area contributed by atoms with Crippen molar-refractivity contribution < 1.29 is 19.8 Å². The second kappa shape index (κ2) is 24.4. The van der Waals surface area contributed by atoms with Crippen LogP contribution in [0.25, 0.3) is 52.4 Å². The number of nitrogens with zero attached hydrogens (tertiary/aromatic N) is 3. The molecule has 5 aromatic carbocycles. The number of thiophene rings is 3. The fourth-order valence-corrected chi connectivity index (χ4v) is 10.9. The predicted molar refractivity (Wildman–Crippen MR) is 301 cm³/mol. The van der Waals surface area contributed by atoms with Gasteiger partial charge in [-0.3, -0.25) is 4.79 Å². The number of unbranched alkanes of at least 4 members (excludes halogenated alkanes) is 3. The number of carbonyl (C=O) groups is 2. The number of aryl methyl sites for hydroxylation is 1. The Labute approximate surface area is 432 Å². The van der Waals surface area contributed by atoms with Gasteiger partial charge in [0.2, 0.25) is 0 Å². The predicted octanol–water partition coefficient (Wildman–Crippen LogP) is 17.1. The van der Waals surface area contributed by atoms with Crippen LogP contribution in [0.5, 0.6) is 0 Å². The van der Waals surface area contributed by atoms with Crippen LogP contribution < -0.4 is 4.90 Å². The van der Waals surface area contributed by atoms with Crippen LogP contribution in [0.1, 0.15) is 89.7 Å². The Morgan fingerprint density at radius 1 is 0.556 bits per heavy atom. The Bertz CT molecular complexity index is 3220. The van der Waals surface area contributed by atoms with Crippen molar-refractivity contribution in [3.8, 4) is 6.07 Å². The van der Waals surface area contributed by atoms with Gasteiger partial charge in [-0.15, -0.1) is 34.0 Å². The molecule has 354 valence electrons. The molecule has 0 unspecified atom stereocenters. The van der Waals surface area contributed by atoms with E-state index in [0.717, 1.165) is 72.2 Å². The molecule has 8 rings (SSSR count). The van der Waals surface area contributed by atoms with E-state index in [4.69, 9.17) is 6.57 Å². The minimum absolute atomic E-state index is 0.318. The molecule has 0 radical (unpaired) electrons. The summed E-state index contributed by atoms with van der Waals surface area (Å²) in [4.78, 5) is 34.5. The zero-order valence-corrected chi connectivity index (χ0v) is 41.9. The highest BCUT2D eigenvalue weighted by Crippen LogP contribution is 2.38. The third kappa shape index (κ3) is 13.1. The van der Waals surface area contributed by atoms with Crippen LogP contribution in [0.3, 0.4) is 0 Å². The van der Waals surface area contributed by atoms with E-state index in [0.29, 0.717) is 9.75 Å². The van der Waals surface area contributed by atoms with Crippen LogP contribution in [-0.4, -0.2) is 22.2 Å². The van der Waals surface area contributed by atoms with Crippen molar-refractivity contribution in [3.63, 3.8) is 0 Å². The second-order valence-electron chi connectivity index (χ2n) is 16.7. The molecule has 0 aliphatic heterocycles. The zero-order valence-electron chi connectivity index (χ0n) is 39.4. The average molecular weight is 996 g/mol. The number of hydrogen-bond donors (Lipinski definition) is 2. The highest BCUT2D eigenvalue weighted by molar-refractivity contribution is 7.14. The van der Waals surface area contributed by atoms with Crippen molar-refractivity contribution in [1.29, 1.82) is 5.26 Å². The summed E-state index contributed by atoms with van der Waals surface area (Å²) in [6.45, 7) is 9.56. The van der Waals surface area contributed by atoms with E-state index >= 15 is 0 Å². The van der Waals surface area contributed by atoms with Crippen LogP contribution in [0, 0.1) is 17.9 Å². The van der Waals surface area contributed by atoms with Crippen molar-refractivity contribution in [2.75, 3.05) is 4.90 Å². The molecular weight excluding hydrogens is 947 g/mol. The number of hydrogen-bond acceptors (Lipinski definition) is 7. The van der Waals surface area contributed by atoms with Crippen LogP contribution >= 0.6 is 34.0 Å². The van der Waals surface area contributed by atoms with Gasteiger partial charge >= 0.3 is 11.9 Å². The Morgan fingerprint density at radius 2 is 1.06 bits per heavy atom. The monoisotopic (exact) mass is 995 g/mol. The Hall–Kier alpha value is -8.38. The van der Waals surface area contributed by atoms with Gasteiger partial charge in [0.25, 0.3) is 5.70 Å². The van der Waals surface area contributed by atoms with Crippen LogP contribution in [0.4, 0.5) is 17.1 Å². The number of benzene rings is 5. The van der Waals surface area contributed by atoms with E-state index in [1.54, 1.807) is 6.07 Å². The van der Waals surface area contributed by atoms with E-state index in [9.17, 15) is 25.1 Å². The summed E-state index contributed by atoms with van der Waals surface area (Å²) >= 11 is 4.72. The minimum Gasteiger partial charge on any atom is -0.486 e. The van der Waals surface area contributed by atoms with Crippen LogP contribution in [-0.2, 0) is 16.0 Å². The maximum atomic E-state index is 11.6. The van der Waals surface area contributed by atoms with Crippen LogP contribution in [0.15, 0.2) is 181 Å². The zero-order chi connectivity index (χ0) is 50.2. The van der Waals surface area contributed by atoms with E-state index in [1.165, 1.54) is 70.3 Å². The summed E-state index contributed by atoms with van der Waals surface area (Å²) in [5, 5.41) is 28.3. The Kier molecular flexibility index (Phi) is 17.0. The maximum absolute atomic E-state index is 11.6. The largest absolute Gasteiger partial charge is 0.486 e. The lowest BCUT2D eigenvalue weighted by Crippen LogP contribution is -2.09. The Morgan fingerprint density at radius 3 is 1.53 bits per heavy atom. The molecule has 0 bridgehead atoms. The van der Waals surface area contributed by atoms with Crippen molar-refractivity contribution in [1.82, 2.24) is 0 Å². The summed E-state index contributed by atoms with van der Waals surface area (Å²) < 4.78 is 0. The molecule has 0 saturated heterocycles. The lowest BCUT2D eigenvalue weighted by molar-refractivity contribution is -0.133. The highest BCUT2D eigenvalue weighted by Gasteiger charge is 2.16. The van der Waals surface area contributed by atoms with Crippen molar-refractivity contribution in [2.45, 2.75) is 39.0 Å². The molecule has 0 fully saturated rings. The van der Waals surface area contributed by atoms with E-state index in [2.05, 4.69) is 138 Å². The summed E-state index contributed by atoms with van der Waals surface area (Å²) in [6, 6.07) is 59.4. The Balaban J connectivity index is 1.13. The number of nitriles is 1. The quantitative estimate of drug-likeness (QED) is 0.0259. The number of carboxylic acid groups (broad SMARTS) is 2. The molecule has 3 aromatic heterocycles. The molecule has 0 aliphatic rings. The van der Waals surface area contributed by atoms with Crippen molar-refractivity contribution >= 4 is 111 Å². The summed E-state index contributed by atoms with van der Waals surface area (Å²) in [7, 11) is 0. The van der Waals surface area contributed by atoms with Gasteiger partial charge in [0, 0.05) is 46.3 Å². The third-order valence-corrected chi connectivity index (χ3v) is 14.9. The molecule has 72 heavy (non-hydrogen) atoms. The fourth-order valence-electron chi connectivity index (χ4n) is 8.02. The first-order valence-electron chi connectivity index (χ1n) is 23.5. The molecule has 0 saturated carbocycles. The first kappa shape index (κ1) is 50.0. The van der Waals surface area contributed by atoms with E-state index < -0.39 is 11.9 Å². The summed E-state index contributed by atoms with van der Waals surface area (Å²) in [5.41, 5.74) is 9.23. The van der Waals surface area contributed by atoms with E-state index in [-0.39, 0.29) is 11.3 Å². The second-order valence-corrected chi connectivity index (χ2v) is 20.2. The lowest BCUT2D eigenvalue weighted by atomic mass is 10.0. The number of aliphatic carboxylic acids is 2. The fraction of sp³-hybridized carbons (Fsp3) is 0.0968. The van der Waals surface area contributed by atoms with Gasteiger partial charge in [-0.05, 0) is 155 Å². The molecule has 0 aliphatic carbocycles. The van der Waals surface area contributed by atoms with Crippen molar-refractivity contribution in [2.24, 2.45) is 0 Å². The molecule has 0 amide bonds. The maximum Gasteiger partial charge on any atom is 0.346 e. The standard InChI is InChI=1S/C62H49N3O4S3/c1-3-4-5-12-17-52-32-33-53(70-52)31-24-43-18-25-49(26-19-43)65(50-27-20-44(21-28-50)38-56(46-13-8-6-9-14-46)59-36-34-54(71-59)40-48(42-63)61(66)67)51-29-22-45(23-30-51)39-57(47-15-10-7-11-16-47)60-37-35-55(72-60)41-58(64-2)62(68)69/h6-11,13-16,18-41H,3-5,12,17H2,1H3,(H,66,67)(H,68,69)/b31-24+,48-40+,56-38+,57-39+,58-41-. The van der Waals surface area contributed by atoms with Crippen molar-refractivity contribution in [3.05, 3.63) is 250 Å². The molecular formula is C62H49N3O4S3. The first-order valence-corrected chi connectivity index (χ1v) is 25.9. The van der Waals surface area contributed by atoms with Gasteiger partial charge in [0.1, 0.15) is 11.6 Å². The summed E-state index contributed by atoms with van der Waals surface area (Å²) in [6.07, 6.45) is 17.6. The average Bonchev–Trinajstić information content (AvgIpc) is 4.20. The summed E-state index contributed by atoms with van der Waals surface area (Å²) in [5.74, 6) is -2.51. The molecule has 0 atom stereocenters. The molecule has 7 nitrogen and oxygen atoms in total. The molecule has 2 N–H and O–H groups in total. The van der Waals surface area contributed by atoms with Gasteiger partial charge in [-0.25, -0.2) is 9.64 Å². The van der Waals surface area contributed by atoms with Gasteiger partial charge in [-0.1, -0.05) is 129 Å². The van der Waals surface area contributed by atoms with Gasteiger partial charge < -0.3 is 15.1 Å². The van der Waals surface area contributed by atoms with Gasteiger partial charge in [-0.2, -0.15) is 5.26 Å². The molecule has 8 aromatic rings. The van der Waals surface area contributed by atoms with Gasteiger partial charge in [0.05, 0.1) is 6.57 Å². The van der Waals surface area contributed by atoms with Gasteiger partial charge in [0.15, 0.2) is 0 Å². The normalized spacial score (nSPS) is 12.2. The SMILES string of the molecule is [C-]#[N+]/C(=C\c1ccc(/C(=C/c2ccc(N(c3ccc(/C=C/c4ccc(CCCCCC)s4)cc3)c3ccc(/C=C(\c4ccccc4)c4ccc(/C=C(\C#N)C(=O)O)s4)cc3)cc2)c2ccccc2)s1)C(=O)O. The first-order chi connectivity index (χ1) is 35.2. The van der Waals surface area contributed by atoms with E-state index in [1.807, 2.05) is 84.1 Å². The molecule has 10 heteroatoms. The number of anilines is 3. The smallest absolute Gasteiger partial charge is 0.346 e. The number of carboxylic acids is 2. The third-order valence-electron chi connectivity index (χ3n) is 11.7. The number of rotatable bonds is 20. The molecule has 3 heterocycles. The highest BCUT2D eigenvalue weighted by atomic mass is 32.1. The minimum atomic E-state index is -1.26.